The quantitative estimate of drug-likeness (QED) is 0.0390. The van der Waals surface area contributed by atoms with Gasteiger partial charge < -0.3 is 9.79 Å². The number of alkyl halides is 1. The van der Waals surface area contributed by atoms with Crippen LogP contribution in [-0.4, -0.2) is 21.3 Å². The average molecular weight is 680 g/mol. The molecule has 0 atom stereocenters. The van der Waals surface area contributed by atoms with Gasteiger partial charge in [-0.15, -0.1) is 0 Å². The average Bonchev–Trinajstić information content (AvgIpc) is 2.96. The van der Waals surface area contributed by atoms with Gasteiger partial charge in [-0.25, -0.2) is 0 Å². The summed E-state index contributed by atoms with van der Waals surface area (Å²) in [6.07, 6.45) is 48.6. The van der Waals surface area contributed by atoms with E-state index in [1.165, 1.54) is 211 Å². The Hall–Kier alpha value is 0.630. The molecule has 0 unspecified atom stereocenters. The van der Waals surface area contributed by atoms with Crippen LogP contribution in [0.5, 0.6) is 0 Å². The highest BCUT2D eigenvalue weighted by molar-refractivity contribution is 9.09. The van der Waals surface area contributed by atoms with Crippen molar-refractivity contribution in [2.45, 2.75) is 225 Å². The Morgan fingerprint density at radius 2 is 0.429 bits per heavy atom. The molecule has 0 radical (unpaired) electrons. The van der Waals surface area contributed by atoms with Crippen LogP contribution in [0.1, 0.15) is 225 Å². The second kappa shape index (κ2) is 36.1. The molecule has 0 rings (SSSR count). The van der Waals surface area contributed by atoms with Gasteiger partial charge in [-0.2, -0.15) is 0 Å². The molecule has 0 aromatic rings. The van der Waals surface area contributed by atoms with Crippen LogP contribution in [0.15, 0.2) is 0 Å². The van der Waals surface area contributed by atoms with Crippen LogP contribution in [-0.2, 0) is 4.57 Å². The Morgan fingerprint density at radius 1 is 0.286 bits per heavy atom. The zero-order chi connectivity index (χ0) is 30.7. The maximum Gasteiger partial charge on any atom is 0.325 e. The first-order chi connectivity index (χ1) is 20.6. The molecule has 5 heteroatoms. The number of hydrogen-bond donors (Lipinski definition) is 2. The van der Waals surface area contributed by atoms with Crippen molar-refractivity contribution in [2.75, 3.05) is 11.5 Å². The zero-order valence-electron chi connectivity index (χ0n) is 28.3. The lowest BCUT2D eigenvalue weighted by atomic mass is 10.0. The van der Waals surface area contributed by atoms with Crippen LogP contribution < -0.4 is 0 Å². The number of hydrogen-bond acceptors (Lipinski definition) is 1. The van der Waals surface area contributed by atoms with Crippen molar-refractivity contribution in [1.29, 1.82) is 0 Å². The largest absolute Gasteiger partial charge is 0.325 e. The van der Waals surface area contributed by atoms with Crippen molar-refractivity contribution in [3.8, 4) is 0 Å². The van der Waals surface area contributed by atoms with E-state index in [1.54, 1.807) is 0 Å². The fraction of sp³-hybridized carbons (Fsp3) is 1.00. The topological polar surface area (TPSA) is 57.5 Å². The molecule has 0 saturated heterocycles. The molecule has 3 nitrogen and oxygen atoms in total. The van der Waals surface area contributed by atoms with Crippen LogP contribution in [0.2, 0.25) is 0 Å². The molecule has 0 aliphatic heterocycles. The third-order valence-electron chi connectivity index (χ3n) is 9.08. The SMILES string of the molecule is O=P(O)(O)CCCCCCCCCCCCCCCCCCCCCCCCCCCCCCCCCCCCCBr. The second-order valence-electron chi connectivity index (χ2n) is 13.5. The van der Waals surface area contributed by atoms with Crippen molar-refractivity contribution in [1.82, 2.24) is 0 Å². The maximum atomic E-state index is 10.8. The molecule has 0 aliphatic rings. The molecular formula is C37H76BrO3P. The second-order valence-corrected chi connectivity index (χ2v) is 16.0. The Morgan fingerprint density at radius 3 is 0.571 bits per heavy atom. The highest BCUT2D eigenvalue weighted by atomic mass is 79.9. The van der Waals surface area contributed by atoms with Crippen LogP contribution in [0.4, 0.5) is 0 Å². The minimum atomic E-state index is -3.77. The highest BCUT2D eigenvalue weighted by Gasteiger charge is 2.10. The molecule has 254 valence electrons. The fourth-order valence-corrected chi connectivity index (χ4v) is 7.28. The van der Waals surface area contributed by atoms with Gasteiger partial charge in [0.15, 0.2) is 0 Å². The first-order valence-corrected chi connectivity index (χ1v) is 22.1. The van der Waals surface area contributed by atoms with Crippen molar-refractivity contribution >= 4 is 23.5 Å². The van der Waals surface area contributed by atoms with Gasteiger partial charge in [0.1, 0.15) is 0 Å². The van der Waals surface area contributed by atoms with E-state index < -0.39 is 7.60 Å². The highest BCUT2D eigenvalue weighted by Crippen LogP contribution is 2.35. The number of unbranched alkanes of at least 4 members (excludes halogenated alkanes) is 34. The maximum absolute atomic E-state index is 10.8. The summed E-state index contributed by atoms with van der Waals surface area (Å²) in [6.45, 7) is 0. The predicted molar refractivity (Wildman–Crippen MR) is 192 cm³/mol. The molecule has 42 heavy (non-hydrogen) atoms. The fourth-order valence-electron chi connectivity index (χ4n) is 6.25. The first kappa shape index (κ1) is 42.6. The van der Waals surface area contributed by atoms with Crippen molar-refractivity contribution in [3.05, 3.63) is 0 Å². The molecular weight excluding hydrogens is 603 g/mol. The Kier molecular flexibility index (Phi) is 36.6. The summed E-state index contributed by atoms with van der Waals surface area (Å²) < 4.78 is 10.8. The normalized spacial score (nSPS) is 12.0. The van der Waals surface area contributed by atoms with Crippen molar-refractivity contribution < 1.29 is 14.4 Å². The van der Waals surface area contributed by atoms with Gasteiger partial charge >= 0.3 is 7.60 Å². The Bertz CT molecular complexity index is 539. The van der Waals surface area contributed by atoms with Gasteiger partial charge in [0.05, 0.1) is 0 Å². The third-order valence-corrected chi connectivity index (χ3v) is 10.5. The summed E-state index contributed by atoms with van der Waals surface area (Å²) >= 11 is 3.52. The summed E-state index contributed by atoms with van der Waals surface area (Å²) in [7, 11) is -3.77. The van der Waals surface area contributed by atoms with E-state index >= 15 is 0 Å². The van der Waals surface area contributed by atoms with Gasteiger partial charge in [-0.05, 0) is 12.8 Å². The lowest BCUT2D eigenvalue weighted by Crippen LogP contribution is -1.88. The molecule has 0 fully saturated rings. The van der Waals surface area contributed by atoms with Gasteiger partial charge in [-0.1, -0.05) is 228 Å². The minimum Gasteiger partial charge on any atom is -0.324 e. The van der Waals surface area contributed by atoms with E-state index in [0.717, 1.165) is 12.8 Å². The first-order valence-electron chi connectivity index (χ1n) is 19.2. The van der Waals surface area contributed by atoms with E-state index in [1.807, 2.05) is 0 Å². The van der Waals surface area contributed by atoms with E-state index in [2.05, 4.69) is 15.9 Å². The van der Waals surface area contributed by atoms with Crippen LogP contribution >= 0.6 is 23.5 Å². The van der Waals surface area contributed by atoms with E-state index in [-0.39, 0.29) is 6.16 Å². The summed E-state index contributed by atoms with van der Waals surface area (Å²) in [5.74, 6) is 0. The number of halogens is 1. The standard InChI is InChI=1S/C37H76BrO3P/c38-36-34-32-30-28-26-24-22-20-18-16-14-12-10-8-6-4-2-1-3-5-7-9-11-13-15-17-19-21-23-25-27-29-31-33-35-37-42(39,40)41/h1-37H2,(H2,39,40,41). The smallest absolute Gasteiger partial charge is 0.324 e. The van der Waals surface area contributed by atoms with Gasteiger partial charge in [0.2, 0.25) is 0 Å². The Labute approximate surface area is 273 Å². The van der Waals surface area contributed by atoms with E-state index in [0.29, 0.717) is 6.42 Å². The van der Waals surface area contributed by atoms with Crippen molar-refractivity contribution in [2.24, 2.45) is 0 Å². The molecule has 0 saturated carbocycles. The van der Waals surface area contributed by atoms with Crippen LogP contribution in [0, 0.1) is 0 Å². The summed E-state index contributed by atoms with van der Waals surface area (Å²) in [6, 6.07) is 0. The summed E-state index contributed by atoms with van der Waals surface area (Å²) in [5, 5.41) is 1.18. The summed E-state index contributed by atoms with van der Waals surface area (Å²) in [4.78, 5) is 17.7. The van der Waals surface area contributed by atoms with Crippen LogP contribution in [0.25, 0.3) is 0 Å². The van der Waals surface area contributed by atoms with Crippen molar-refractivity contribution in [3.63, 3.8) is 0 Å². The number of rotatable bonds is 37. The van der Waals surface area contributed by atoms with Gasteiger partial charge in [-0.3, -0.25) is 4.57 Å². The van der Waals surface area contributed by atoms with Gasteiger partial charge in [0.25, 0.3) is 0 Å². The molecule has 0 spiro atoms. The zero-order valence-corrected chi connectivity index (χ0v) is 30.8. The molecule has 2 N–H and O–H groups in total. The lowest BCUT2D eigenvalue weighted by Gasteiger charge is -2.05. The molecule has 0 aliphatic carbocycles. The molecule has 0 amide bonds. The lowest BCUT2D eigenvalue weighted by molar-refractivity contribution is 0.370. The molecule has 0 heterocycles. The molecule has 0 aromatic carbocycles. The van der Waals surface area contributed by atoms with E-state index in [9.17, 15) is 4.57 Å². The van der Waals surface area contributed by atoms with Crippen LogP contribution in [0.3, 0.4) is 0 Å². The predicted octanol–water partition coefficient (Wildman–Crippen LogP) is 14.2. The summed E-state index contributed by atoms with van der Waals surface area (Å²) in [5.41, 5.74) is 0. The minimum absolute atomic E-state index is 0.0616. The third kappa shape index (κ3) is 40.6. The molecule has 0 bridgehead atoms. The van der Waals surface area contributed by atoms with E-state index in [4.69, 9.17) is 9.79 Å². The molecule has 0 aromatic heterocycles. The monoisotopic (exact) mass is 678 g/mol. The Balaban J connectivity index is 3.05. The van der Waals surface area contributed by atoms with Gasteiger partial charge in [0, 0.05) is 11.5 Å².